The molecule has 1 atom stereocenters. The summed E-state index contributed by atoms with van der Waals surface area (Å²) >= 11 is 0. The standard InChI is InChI=1S/C18H15NO4/c1-11(22)18-13(10-21)6-12(9-20)7-16(18)19-8-17(23)14-4-2-3-5-15(14)19/h2-7,9-11,22H,8H2,1H3. The molecule has 1 heterocycles. The highest BCUT2D eigenvalue weighted by atomic mass is 16.3. The van der Waals surface area contributed by atoms with Gasteiger partial charge in [-0.3, -0.25) is 14.4 Å². The van der Waals surface area contributed by atoms with Crippen LogP contribution in [0.1, 0.15) is 49.7 Å². The third-order valence-electron chi connectivity index (χ3n) is 3.98. The second kappa shape index (κ2) is 5.78. The highest BCUT2D eigenvalue weighted by molar-refractivity contribution is 6.10. The molecule has 5 heteroatoms. The quantitative estimate of drug-likeness (QED) is 0.879. The van der Waals surface area contributed by atoms with Gasteiger partial charge in [0.15, 0.2) is 12.1 Å². The molecule has 116 valence electrons. The average molecular weight is 309 g/mol. The topological polar surface area (TPSA) is 74.7 Å². The van der Waals surface area contributed by atoms with Gasteiger partial charge in [-0.05, 0) is 31.2 Å². The van der Waals surface area contributed by atoms with Gasteiger partial charge in [0.25, 0.3) is 0 Å². The number of nitrogens with zero attached hydrogens (tertiary/aromatic N) is 1. The first kappa shape index (κ1) is 15.1. The molecule has 3 rings (SSSR count). The second-order valence-electron chi connectivity index (χ2n) is 5.48. The number of aldehydes is 2. The van der Waals surface area contributed by atoms with E-state index in [1.165, 1.54) is 6.07 Å². The summed E-state index contributed by atoms with van der Waals surface area (Å²) in [6, 6.07) is 10.2. The Bertz CT molecular complexity index is 811. The van der Waals surface area contributed by atoms with Crippen molar-refractivity contribution >= 4 is 29.7 Å². The molecule has 2 aromatic rings. The Morgan fingerprint density at radius 1 is 1.13 bits per heavy atom. The number of hydrogen-bond acceptors (Lipinski definition) is 5. The van der Waals surface area contributed by atoms with Crippen LogP contribution in [0.15, 0.2) is 36.4 Å². The first-order chi connectivity index (χ1) is 11.1. The van der Waals surface area contributed by atoms with Crippen molar-refractivity contribution in [1.82, 2.24) is 0 Å². The molecule has 0 aromatic heterocycles. The minimum atomic E-state index is -0.909. The molecule has 0 fully saturated rings. The summed E-state index contributed by atoms with van der Waals surface area (Å²) in [4.78, 5) is 36.5. The van der Waals surface area contributed by atoms with Gasteiger partial charge >= 0.3 is 0 Å². The number of carbonyl (C=O) groups excluding carboxylic acids is 3. The lowest BCUT2D eigenvalue weighted by molar-refractivity contribution is 0.101. The average Bonchev–Trinajstić information content (AvgIpc) is 2.90. The minimum absolute atomic E-state index is 0.0405. The number of benzene rings is 2. The molecule has 1 unspecified atom stereocenters. The van der Waals surface area contributed by atoms with E-state index in [1.807, 2.05) is 6.07 Å². The highest BCUT2D eigenvalue weighted by Crippen LogP contribution is 2.39. The molecule has 0 radical (unpaired) electrons. The molecule has 0 amide bonds. The Labute approximate surface area is 133 Å². The van der Waals surface area contributed by atoms with E-state index in [1.54, 1.807) is 36.1 Å². The summed E-state index contributed by atoms with van der Waals surface area (Å²) in [7, 11) is 0. The van der Waals surface area contributed by atoms with Crippen LogP contribution in [-0.4, -0.2) is 30.0 Å². The lowest BCUT2D eigenvalue weighted by atomic mass is 9.98. The maximum atomic E-state index is 12.2. The van der Waals surface area contributed by atoms with Crippen LogP contribution >= 0.6 is 0 Å². The van der Waals surface area contributed by atoms with Gasteiger partial charge < -0.3 is 10.0 Å². The van der Waals surface area contributed by atoms with Crippen molar-refractivity contribution in [1.29, 1.82) is 0 Å². The van der Waals surface area contributed by atoms with Crippen LogP contribution in [0, 0.1) is 0 Å². The molecule has 2 aromatic carbocycles. The number of rotatable bonds is 4. The fourth-order valence-corrected chi connectivity index (χ4v) is 3.00. The van der Waals surface area contributed by atoms with Crippen molar-refractivity contribution in [3.8, 4) is 0 Å². The number of fused-ring (bicyclic) bond motifs is 1. The monoisotopic (exact) mass is 309 g/mol. The molecule has 1 aliphatic heterocycles. The summed E-state index contributed by atoms with van der Waals surface area (Å²) in [5.41, 5.74) is 2.78. The zero-order valence-corrected chi connectivity index (χ0v) is 12.5. The molecular weight excluding hydrogens is 294 g/mol. The first-order valence-electron chi connectivity index (χ1n) is 7.23. The van der Waals surface area contributed by atoms with E-state index in [0.717, 1.165) is 0 Å². The number of Topliss-reactive ketones (excluding diaryl/α,β-unsaturated/α-hetero) is 1. The van der Waals surface area contributed by atoms with Crippen LogP contribution in [0.4, 0.5) is 11.4 Å². The van der Waals surface area contributed by atoms with Gasteiger partial charge in [0.1, 0.15) is 6.29 Å². The molecule has 0 spiro atoms. The van der Waals surface area contributed by atoms with Crippen LogP contribution in [0.25, 0.3) is 0 Å². The number of hydrogen-bond donors (Lipinski definition) is 1. The molecule has 0 saturated heterocycles. The van der Waals surface area contributed by atoms with E-state index >= 15 is 0 Å². The fourth-order valence-electron chi connectivity index (χ4n) is 3.00. The van der Waals surface area contributed by atoms with E-state index in [4.69, 9.17) is 0 Å². The molecule has 1 aliphatic rings. The van der Waals surface area contributed by atoms with Crippen LogP contribution in [0.2, 0.25) is 0 Å². The van der Waals surface area contributed by atoms with Crippen LogP contribution in [-0.2, 0) is 0 Å². The van der Waals surface area contributed by atoms with Crippen molar-refractivity contribution in [2.75, 3.05) is 11.4 Å². The van der Waals surface area contributed by atoms with E-state index in [0.29, 0.717) is 40.6 Å². The minimum Gasteiger partial charge on any atom is -0.389 e. The van der Waals surface area contributed by atoms with E-state index < -0.39 is 6.10 Å². The van der Waals surface area contributed by atoms with Gasteiger partial charge in [-0.1, -0.05) is 12.1 Å². The Kier molecular flexibility index (Phi) is 3.80. The molecule has 1 N–H and O–H groups in total. The molecule has 23 heavy (non-hydrogen) atoms. The van der Waals surface area contributed by atoms with Crippen LogP contribution in [0.5, 0.6) is 0 Å². The van der Waals surface area contributed by atoms with Crippen molar-refractivity contribution in [3.05, 3.63) is 58.7 Å². The summed E-state index contributed by atoms with van der Waals surface area (Å²) in [6.07, 6.45) is 0.350. The number of anilines is 2. The van der Waals surface area contributed by atoms with Crippen LogP contribution in [0.3, 0.4) is 0 Å². The van der Waals surface area contributed by atoms with Gasteiger partial charge in [-0.25, -0.2) is 0 Å². The smallest absolute Gasteiger partial charge is 0.184 e. The SMILES string of the molecule is CC(O)c1c(C=O)cc(C=O)cc1N1CC(=O)c2ccccc21. The van der Waals surface area contributed by atoms with E-state index in [9.17, 15) is 19.5 Å². The Balaban J connectivity index is 2.26. The zero-order chi connectivity index (χ0) is 16.6. The molecular formula is C18H15NO4. The Hall–Kier alpha value is -2.79. The number of aliphatic hydroxyl groups is 1. The van der Waals surface area contributed by atoms with E-state index in [2.05, 4.69) is 0 Å². The molecule has 0 aliphatic carbocycles. The predicted octanol–water partition coefficient (Wildman–Crippen LogP) is 2.70. The van der Waals surface area contributed by atoms with Crippen molar-refractivity contribution in [2.45, 2.75) is 13.0 Å². The number of carbonyl (C=O) groups is 3. The normalized spacial score (nSPS) is 14.5. The van der Waals surface area contributed by atoms with Crippen molar-refractivity contribution in [2.24, 2.45) is 0 Å². The van der Waals surface area contributed by atoms with Gasteiger partial charge in [0, 0.05) is 27.9 Å². The van der Waals surface area contributed by atoms with Gasteiger partial charge in [-0.15, -0.1) is 0 Å². The highest BCUT2D eigenvalue weighted by Gasteiger charge is 2.30. The first-order valence-corrected chi connectivity index (χ1v) is 7.23. The number of aliphatic hydroxyl groups excluding tert-OH is 1. The Morgan fingerprint density at radius 2 is 1.87 bits per heavy atom. The lowest BCUT2D eigenvalue weighted by Crippen LogP contribution is -2.20. The number of para-hydroxylation sites is 1. The van der Waals surface area contributed by atoms with E-state index in [-0.39, 0.29) is 17.9 Å². The summed E-state index contributed by atoms with van der Waals surface area (Å²) in [6.45, 7) is 1.66. The zero-order valence-electron chi connectivity index (χ0n) is 12.5. The summed E-state index contributed by atoms with van der Waals surface area (Å²) in [5.74, 6) is -0.0405. The second-order valence-corrected chi connectivity index (χ2v) is 5.48. The third-order valence-corrected chi connectivity index (χ3v) is 3.98. The molecule has 0 bridgehead atoms. The molecule has 5 nitrogen and oxygen atoms in total. The number of ketones is 1. The van der Waals surface area contributed by atoms with Crippen molar-refractivity contribution in [3.63, 3.8) is 0 Å². The summed E-state index contributed by atoms with van der Waals surface area (Å²) in [5, 5.41) is 10.1. The van der Waals surface area contributed by atoms with Crippen LogP contribution < -0.4 is 4.90 Å². The Morgan fingerprint density at radius 3 is 2.52 bits per heavy atom. The molecule has 0 saturated carbocycles. The third kappa shape index (κ3) is 2.45. The summed E-state index contributed by atoms with van der Waals surface area (Å²) < 4.78 is 0. The largest absolute Gasteiger partial charge is 0.389 e. The van der Waals surface area contributed by atoms with Crippen molar-refractivity contribution < 1.29 is 19.5 Å². The maximum Gasteiger partial charge on any atom is 0.184 e. The van der Waals surface area contributed by atoms with Gasteiger partial charge in [-0.2, -0.15) is 0 Å². The predicted molar refractivity (Wildman–Crippen MR) is 85.6 cm³/mol. The van der Waals surface area contributed by atoms with Gasteiger partial charge in [0.2, 0.25) is 0 Å². The maximum absolute atomic E-state index is 12.2. The fraction of sp³-hybridized carbons (Fsp3) is 0.167. The van der Waals surface area contributed by atoms with Gasteiger partial charge in [0.05, 0.1) is 18.3 Å². The lowest BCUT2D eigenvalue weighted by Gasteiger charge is -2.25.